The summed E-state index contributed by atoms with van der Waals surface area (Å²) in [5.41, 5.74) is 3.00. The van der Waals surface area contributed by atoms with Gasteiger partial charge in [0.2, 0.25) is 0 Å². The van der Waals surface area contributed by atoms with Gasteiger partial charge < -0.3 is 20.4 Å². The Morgan fingerprint density at radius 1 is 1.11 bits per heavy atom. The smallest absolute Gasteiger partial charge is 0.255 e. The molecule has 2 amide bonds. The Kier molecular flexibility index (Phi) is 8.19. The first kappa shape index (κ1) is 26.3. The molecule has 0 aliphatic carbocycles. The number of carbonyl (C=O) groups excluding carboxylic acids is 2. The molecule has 0 bridgehead atoms. The Bertz CT molecular complexity index is 1340. The molecular formula is C28H25ClFN3O4. The minimum atomic E-state index is -1.94. The van der Waals surface area contributed by atoms with Crippen molar-refractivity contribution in [3.63, 3.8) is 0 Å². The maximum atomic E-state index is 13.4. The van der Waals surface area contributed by atoms with E-state index in [1.807, 2.05) is 12.1 Å². The first-order chi connectivity index (χ1) is 17.8. The second-order valence-electron chi connectivity index (χ2n) is 8.85. The van der Waals surface area contributed by atoms with Crippen LogP contribution in [0.3, 0.4) is 0 Å². The van der Waals surface area contributed by atoms with Crippen LogP contribution >= 0.6 is 11.6 Å². The second kappa shape index (κ2) is 11.5. The first-order valence-corrected chi connectivity index (χ1v) is 12.1. The predicted octanol–water partition coefficient (Wildman–Crippen LogP) is 3.72. The SMILES string of the molecule is N#Cc1cc(F)ccc1-c1ccc(CNC(=O)[C@H](O)[C@@H](O)C(=O)N2CCC[C@@H]2c2cccc(Cl)c2)cc1. The summed E-state index contributed by atoms with van der Waals surface area (Å²) < 4.78 is 13.4. The van der Waals surface area contributed by atoms with Gasteiger partial charge in [-0.25, -0.2) is 4.39 Å². The number of aliphatic hydroxyl groups is 2. The highest BCUT2D eigenvalue weighted by Crippen LogP contribution is 2.33. The Hall–Kier alpha value is -3.77. The monoisotopic (exact) mass is 521 g/mol. The van der Waals surface area contributed by atoms with Gasteiger partial charge >= 0.3 is 0 Å². The summed E-state index contributed by atoms with van der Waals surface area (Å²) >= 11 is 6.08. The van der Waals surface area contributed by atoms with Crippen LogP contribution in [0.2, 0.25) is 5.02 Å². The van der Waals surface area contributed by atoms with E-state index in [1.54, 1.807) is 42.5 Å². The largest absolute Gasteiger partial charge is 0.380 e. The third kappa shape index (κ3) is 5.97. The van der Waals surface area contributed by atoms with Crippen LogP contribution in [0.1, 0.15) is 35.6 Å². The molecule has 0 spiro atoms. The molecule has 190 valence electrons. The van der Waals surface area contributed by atoms with Crippen molar-refractivity contribution in [2.75, 3.05) is 6.54 Å². The molecule has 0 radical (unpaired) electrons. The average Bonchev–Trinajstić information content (AvgIpc) is 3.41. The van der Waals surface area contributed by atoms with Gasteiger partial charge in [-0.2, -0.15) is 5.26 Å². The maximum Gasteiger partial charge on any atom is 0.255 e. The third-order valence-corrected chi connectivity index (χ3v) is 6.66. The molecule has 1 fully saturated rings. The van der Waals surface area contributed by atoms with Gasteiger partial charge in [0.05, 0.1) is 17.7 Å². The van der Waals surface area contributed by atoms with Crippen molar-refractivity contribution < 1.29 is 24.2 Å². The van der Waals surface area contributed by atoms with Crippen LogP contribution in [0.4, 0.5) is 4.39 Å². The highest BCUT2D eigenvalue weighted by molar-refractivity contribution is 6.30. The number of amides is 2. The number of nitrogens with zero attached hydrogens (tertiary/aromatic N) is 2. The summed E-state index contributed by atoms with van der Waals surface area (Å²) in [6.45, 7) is 0.440. The number of rotatable bonds is 7. The molecule has 7 nitrogen and oxygen atoms in total. The lowest BCUT2D eigenvalue weighted by molar-refractivity contribution is -0.153. The third-order valence-electron chi connectivity index (χ3n) is 6.42. The van der Waals surface area contributed by atoms with E-state index in [2.05, 4.69) is 5.32 Å². The molecule has 1 heterocycles. The molecule has 0 saturated carbocycles. The van der Waals surface area contributed by atoms with Crippen molar-refractivity contribution in [1.29, 1.82) is 5.26 Å². The van der Waals surface area contributed by atoms with Gasteiger partial charge in [0, 0.05) is 18.1 Å². The van der Waals surface area contributed by atoms with Gasteiger partial charge in [-0.3, -0.25) is 9.59 Å². The summed E-state index contributed by atoms with van der Waals surface area (Å²) in [6, 6.07) is 19.7. The van der Waals surface area contributed by atoms with Crippen molar-refractivity contribution in [1.82, 2.24) is 10.2 Å². The lowest BCUT2D eigenvalue weighted by Crippen LogP contribution is -2.50. The number of benzene rings is 3. The molecule has 3 aromatic rings. The molecule has 3 N–H and O–H groups in total. The predicted molar refractivity (Wildman–Crippen MR) is 136 cm³/mol. The van der Waals surface area contributed by atoms with Crippen molar-refractivity contribution in [2.24, 2.45) is 0 Å². The maximum absolute atomic E-state index is 13.4. The Morgan fingerprint density at radius 2 is 1.86 bits per heavy atom. The molecule has 0 aromatic heterocycles. The number of nitrogens with one attached hydrogen (secondary N) is 1. The number of hydrogen-bond donors (Lipinski definition) is 3. The lowest BCUT2D eigenvalue weighted by Gasteiger charge is -2.28. The molecule has 3 atom stereocenters. The Labute approximate surface area is 218 Å². The molecule has 0 unspecified atom stereocenters. The van der Waals surface area contributed by atoms with Crippen LogP contribution in [0.5, 0.6) is 0 Å². The summed E-state index contributed by atoms with van der Waals surface area (Å²) in [5.74, 6) is -2.10. The molecule has 1 saturated heterocycles. The molecule has 1 aliphatic rings. The molecule has 1 aliphatic heterocycles. The Balaban J connectivity index is 1.36. The van der Waals surface area contributed by atoms with Crippen molar-refractivity contribution >= 4 is 23.4 Å². The minimum Gasteiger partial charge on any atom is -0.380 e. The van der Waals surface area contributed by atoms with E-state index >= 15 is 0 Å². The molecular weight excluding hydrogens is 497 g/mol. The molecule has 37 heavy (non-hydrogen) atoms. The molecule has 4 rings (SSSR count). The number of likely N-dealkylation sites (tertiary alicyclic amines) is 1. The number of carbonyl (C=O) groups is 2. The van der Waals surface area contributed by atoms with Crippen LogP contribution in [0.15, 0.2) is 66.7 Å². The van der Waals surface area contributed by atoms with E-state index in [1.165, 1.54) is 17.0 Å². The van der Waals surface area contributed by atoms with Gasteiger partial charge in [-0.1, -0.05) is 54.1 Å². The van der Waals surface area contributed by atoms with Crippen molar-refractivity contribution in [3.8, 4) is 17.2 Å². The topological polar surface area (TPSA) is 114 Å². The van der Waals surface area contributed by atoms with Gasteiger partial charge in [0.15, 0.2) is 12.2 Å². The van der Waals surface area contributed by atoms with Crippen LogP contribution in [-0.2, 0) is 16.1 Å². The van der Waals surface area contributed by atoms with Crippen LogP contribution < -0.4 is 5.32 Å². The van der Waals surface area contributed by atoms with E-state index in [4.69, 9.17) is 11.6 Å². The van der Waals surface area contributed by atoms with E-state index < -0.39 is 29.8 Å². The zero-order chi connectivity index (χ0) is 26.5. The number of hydrogen-bond acceptors (Lipinski definition) is 5. The van der Waals surface area contributed by atoms with Crippen molar-refractivity contribution in [2.45, 2.75) is 37.6 Å². The van der Waals surface area contributed by atoms with E-state index in [0.29, 0.717) is 34.7 Å². The number of nitriles is 1. The van der Waals surface area contributed by atoms with Gasteiger partial charge in [-0.05, 0) is 59.4 Å². The standard InChI is InChI=1S/C28H25ClFN3O4/c29-21-4-1-3-19(13-21)24-5-2-12-33(24)28(37)26(35)25(34)27(36)32-16-17-6-8-18(9-7-17)23-11-10-22(30)14-20(23)15-31/h1,3-4,6-11,13-14,24-26,34-35H,2,5,12,16H2,(H,32,36)/t24-,25-,26-/m1/s1. The van der Waals surface area contributed by atoms with Crippen molar-refractivity contribution in [3.05, 3.63) is 94.3 Å². The number of halogens is 2. The summed E-state index contributed by atoms with van der Waals surface area (Å²) in [6.07, 6.45) is -2.44. The fourth-order valence-corrected chi connectivity index (χ4v) is 4.69. The van der Waals surface area contributed by atoms with Crippen LogP contribution in [0, 0.1) is 17.1 Å². The normalized spacial score (nSPS) is 16.6. The molecule has 3 aromatic carbocycles. The zero-order valence-corrected chi connectivity index (χ0v) is 20.5. The van der Waals surface area contributed by atoms with E-state index in [9.17, 15) is 29.5 Å². The highest BCUT2D eigenvalue weighted by atomic mass is 35.5. The minimum absolute atomic E-state index is 0.0421. The number of aliphatic hydroxyl groups excluding tert-OH is 2. The summed E-state index contributed by atoms with van der Waals surface area (Å²) in [7, 11) is 0. The lowest BCUT2D eigenvalue weighted by atomic mass is 9.99. The highest BCUT2D eigenvalue weighted by Gasteiger charge is 2.38. The van der Waals surface area contributed by atoms with Gasteiger partial charge in [-0.15, -0.1) is 0 Å². The van der Waals surface area contributed by atoms with Gasteiger partial charge in [0.25, 0.3) is 11.8 Å². The summed E-state index contributed by atoms with van der Waals surface area (Å²) in [5, 5.41) is 33.2. The zero-order valence-electron chi connectivity index (χ0n) is 19.8. The van der Waals surface area contributed by atoms with E-state index in [0.717, 1.165) is 18.1 Å². The van der Waals surface area contributed by atoms with E-state index in [-0.39, 0.29) is 18.2 Å². The summed E-state index contributed by atoms with van der Waals surface area (Å²) in [4.78, 5) is 26.9. The molecule has 9 heteroatoms. The van der Waals surface area contributed by atoms with Crippen LogP contribution in [0.25, 0.3) is 11.1 Å². The van der Waals surface area contributed by atoms with Gasteiger partial charge in [0.1, 0.15) is 5.82 Å². The second-order valence-corrected chi connectivity index (χ2v) is 9.29. The quantitative estimate of drug-likeness (QED) is 0.438. The van der Waals surface area contributed by atoms with Crippen LogP contribution in [-0.4, -0.2) is 45.7 Å². The Morgan fingerprint density at radius 3 is 2.57 bits per heavy atom. The first-order valence-electron chi connectivity index (χ1n) is 11.8. The average molecular weight is 522 g/mol. The fourth-order valence-electron chi connectivity index (χ4n) is 4.50. The fraction of sp³-hybridized carbons (Fsp3) is 0.250.